The molecule has 1 atom stereocenters. The fourth-order valence-corrected chi connectivity index (χ4v) is 2.92. The molecule has 0 saturated carbocycles. The van der Waals surface area contributed by atoms with Gasteiger partial charge in [-0.15, -0.1) is 0 Å². The van der Waals surface area contributed by atoms with Crippen molar-refractivity contribution in [1.82, 2.24) is 4.90 Å². The van der Waals surface area contributed by atoms with E-state index in [0.717, 1.165) is 43.7 Å². The van der Waals surface area contributed by atoms with Crippen LogP contribution < -0.4 is 10.6 Å². The van der Waals surface area contributed by atoms with Gasteiger partial charge in [0.15, 0.2) is 0 Å². The zero-order valence-electron chi connectivity index (χ0n) is 11.9. The second-order valence-electron chi connectivity index (χ2n) is 5.47. The van der Waals surface area contributed by atoms with Crippen molar-refractivity contribution in [1.29, 1.82) is 0 Å². The first-order chi connectivity index (χ1) is 9.11. The number of anilines is 1. The van der Waals surface area contributed by atoms with Crippen molar-refractivity contribution in [3.63, 3.8) is 0 Å². The third-order valence-corrected chi connectivity index (χ3v) is 3.81. The molecule has 1 heterocycles. The summed E-state index contributed by atoms with van der Waals surface area (Å²) in [5.41, 5.74) is 7.82. The van der Waals surface area contributed by atoms with E-state index in [0.29, 0.717) is 12.6 Å². The Bertz CT molecular complexity index is 422. The van der Waals surface area contributed by atoms with Gasteiger partial charge in [-0.3, -0.25) is 0 Å². The van der Waals surface area contributed by atoms with E-state index in [1.54, 1.807) is 12.1 Å². The molecule has 1 aliphatic rings. The van der Waals surface area contributed by atoms with Gasteiger partial charge in [-0.1, -0.05) is 0 Å². The van der Waals surface area contributed by atoms with E-state index in [1.807, 2.05) is 6.07 Å². The van der Waals surface area contributed by atoms with Crippen LogP contribution in [0, 0.1) is 5.82 Å². The topological polar surface area (TPSA) is 32.5 Å². The summed E-state index contributed by atoms with van der Waals surface area (Å²) in [6.45, 7) is 5.97. The van der Waals surface area contributed by atoms with Gasteiger partial charge in [0, 0.05) is 24.8 Å². The van der Waals surface area contributed by atoms with Crippen LogP contribution in [0.2, 0.25) is 0 Å². The first-order valence-corrected chi connectivity index (χ1v) is 7.05. The fraction of sp³-hybridized carbons (Fsp3) is 0.600. The lowest BCUT2D eigenvalue weighted by molar-refractivity contribution is 0.337. The van der Waals surface area contributed by atoms with Crippen LogP contribution in [0.3, 0.4) is 0 Å². The summed E-state index contributed by atoms with van der Waals surface area (Å²) >= 11 is 0. The van der Waals surface area contributed by atoms with E-state index < -0.39 is 0 Å². The lowest BCUT2D eigenvalue weighted by atomic mass is 10.1. The minimum absolute atomic E-state index is 0.174. The number of rotatable bonds is 3. The number of likely N-dealkylation sites (N-methyl/N-ethyl adjacent to an activating group) is 1. The Labute approximate surface area is 115 Å². The summed E-state index contributed by atoms with van der Waals surface area (Å²) in [6, 6.07) is 5.52. The third kappa shape index (κ3) is 3.45. The molecule has 1 aromatic carbocycles. The van der Waals surface area contributed by atoms with Crippen molar-refractivity contribution < 1.29 is 4.39 Å². The average Bonchev–Trinajstić information content (AvgIpc) is 2.51. The van der Waals surface area contributed by atoms with E-state index in [-0.39, 0.29) is 5.82 Å². The Hall–Kier alpha value is -1.13. The summed E-state index contributed by atoms with van der Waals surface area (Å²) in [6.07, 6.45) is 1.87. The number of hydrogen-bond acceptors (Lipinski definition) is 3. The van der Waals surface area contributed by atoms with E-state index >= 15 is 0 Å². The van der Waals surface area contributed by atoms with Gasteiger partial charge in [0.2, 0.25) is 0 Å². The summed E-state index contributed by atoms with van der Waals surface area (Å²) in [7, 11) is 2.16. The molecule has 3 nitrogen and oxygen atoms in total. The Morgan fingerprint density at radius 3 is 2.89 bits per heavy atom. The van der Waals surface area contributed by atoms with Crippen LogP contribution in [-0.4, -0.2) is 44.2 Å². The van der Waals surface area contributed by atoms with Crippen LogP contribution in [0.15, 0.2) is 18.2 Å². The Balaban J connectivity index is 2.28. The molecule has 4 heteroatoms. The van der Waals surface area contributed by atoms with Crippen LogP contribution in [0.4, 0.5) is 10.1 Å². The summed E-state index contributed by atoms with van der Waals surface area (Å²) in [5.74, 6) is -0.174. The lowest BCUT2D eigenvalue weighted by Gasteiger charge is -2.32. The maximum atomic E-state index is 13.4. The monoisotopic (exact) mass is 265 g/mol. The highest BCUT2D eigenvalue weighted by molar-refractivity contribution is 5.55. The van der Waals surface area contributed by atoms with Crippen LogP contribution in [0.25, 0.3) is 0 Å². The van der Waals surface area contributed by atoms with E-state index in [2.05, 4.69) is 23.8 Å². The van der Waals surface area contributed by atoms with Crippen molar-refractivity contribution in [3.8, 4) is 0 Å². The minimum atomic E-state index is -0.174. The molecule has 2 rings (SSSR count). The van der Waals surface area contributed by atoms with Crippen molar-refractivity contribution in [2.24, 2.45) is 5.73 Å². The maximum Gasteiger partial charge on any atom is 0.123 e. The Morgan fingerprint density at radius 2 is 2.16 bits per heavy atom. The largest absolute Gasteiger partial charge is 0.367 e. The standard InChI is InChI=1S/C15H24FN3/c1-12-11-18(2)8-3-9-19(12)15-5-4-14(16)10-13(15)6-7-17/h4-5,10,12H,3,6-9,11,17H2,1-2H3. The number of benzene rings is 1. The quantitative estimate of drug-likeness (QED) is 0.905. The molecule has 0 spiro atoms. The number of hydrogen-bond donors (Lipinski definition) is 1. The van der Waals surface area contributed by atoms with E-state index in [9.17, 15) is 4.39 Å². The number of nitrogens with two attached hydrogens (primary N) is 1. The van der Waals surface area contributed by atoms with Crippen LogP contribution in [0.5, 0.6) is 0 Å². The molecule has 1 unspecified atom stereocenters. The molecule has 19 heavy (non-hydrogen) atoms. The highest BCUT2D eigenvalue weighted by Gasteiger charge is 2.21. The van der Waals surface area contributed by atoms with Gasteiger partial charge < -0.3 is 15.5 Å². The predicted octanol–water partition coefficient (Wildman–Crippen LogP) is 1.86. The second kappa shape index (κ2) is 6.35. The molecule has 0 aromatic heterocycles. The zero-order chi connectivity index (χ0) is 13.8. The van der Waals surface area contributed by atoms with Crippen molar-refractivity contribution >= 4 is 5.69 Å². The summed E-state index contributed by atoms with van der Waals surface area (Å²) < 4.78 is 13.4. The smallest absolute Gasteiger partial charge is 0.123 e. The molecule has 0 bridgehead atoms. The number of nitrogens with zero attached hydrogens (tertiary/aromatic N) is 2. The molecule has 0 aliphatic carbocycles. The van der Waals surface area contributed by atoms with Crippen molar-refractivity contribution in [2.75, 3.05) is 38.1 Å². The third-order valence-electron chi connectivity index (χ3n) is 3.81. The summed E-state index contributed by atoms with van der Waals surface area (Å²) in [4.78, 5) is 4.75. The highest BCUT2D eigenvalue weighted by atomic mass is 19.1. The molecular weight excluding hydrogens is 241 g/mol. The predicted molar refractivity (Wildman–Crippen MR) is 78.1 cm³/mol. The van der Waals surface area contributed by atoms with Crippen LogP contribution >= 0.6 is 0 Å². The Morgan fingerprint density at radius 1 is 1.37 bits per heavy atom. The maximum absolute atomic E-state index is 13.4. The zero-order valence-corrected chi connectivity index (χ0v) is 11.9. The summed E-state index contributed by atoms with van der Waals surface area (Å²) in [5, 5.41) is 0. The van der Waals surface area contributed by atoms with Gasteiger partial charge in [-0.05, 0) is 63.7 Å². The van der Waals surface area contributed by atoms with E-state index in [4.69, 9.17) is 5.73 Å². The van der Waals surface area contributed by atoms with Gasteiger partial charge in [-0.25, -0.2) is 4.39 Å². The molecule has 1 fully saturated rings. The van der Waals surface area contributed by atoms with Crippen molar-refractivity contribution in [3.05, 3.63) is 29.6 Å². The molecule has 1 aromatic rings. The first kappa shape index (κ1) is 14.3. The minimum Gasteiger partial charge on any atom is -0.367 e. The van der Waals surface area contributed by atoms with Crippen LogP contribution in [0.1, 0.15) is 18.9 Å². The molecule has 0 amide bonds. The molecule has 0 radical (unpaired) electrons. The van der Waals surface area contributed by atoms with Crippen LogP contribution in [-0.2, 0) is 6.42 Å². The van der Waals surface area contributed by atoms with Gasteiger partial charge in [0.1, 0.15) is 5.82 Å². The second-order valence-corrected chi connectivity index (χ2v) is 5.47. The normalized spacial score (nSPS) is 21.5. The molecule has 2 N–H and O–H groups in total. The average molecular weight is 265 g/mol. The Kier molecular flexibility index (Phi) is 4.77. The molecular formula is C15H24FN3. The number of halogens is 1. The van der Waals surface area contributed by atoms with Gasteiger partial charge in [0.25, 0.3) is 0 Å². The molecule has 1 saturated heterocycles. The molecule has 106 valence electrons. The van der Waals surface area contributed by atoms with Gasteiger partial charge in [0.05, 0.1) is 0 Å². The highest BCUT2D eigenvalue weighted by Crippen LogP contribution is 2.26. The van der Waals surface area contributed by atoms with Gasteiger partial charge in [-0.2, -0.15) is 0 Å². The SMILES string of the molecule is CC1CN(C)CCCN1c1ccc(F)cc1CCN. The van der Waals surface area contributed by atoms with Crippen molar-refractivity contribution in [2.45, 2.75) is 25.8 Å². The molecule has 1 aliphatic heterocycles. The van der Waals surface area contributed by atoms with E-state index in [1.165, 1.54) is 0 Å². The lowest BCUT2D eigenvalue weighted by Crippen LogP contribution is -2.38. The van der Waals surface area contributed by atoms with Gasteiger partial charge >= 0.3 is 0 Å². The first-order valence-electron chi connectivity index (χ1n) is 7.05. The fourth-order valence-electron chi connectivity index (χ4n) is 2.92.